The summed E-state index contributed by atoms with van der Waals surface area (Å²) < 4.78 is 0. The van der Waals surface area contributed by atoms with Gasteiger partial charge in [-0.15, -0.1) is 6.58 Å². The lowest BCUT2D eigenvalue weighted by atomic mass is 9.90. The van der Waals surface area contributed by atoms with Crippen LogP contribution in [0.15, 0.2) is 12.7 Å². The zero-order valence-corrected chi connectivity index (χ0v) is 7.87. The van der Waals surface area contributed by atoms with E-state index in [4.69, 9.17) is 5.11 Å². The summed E-state index contributed by atoms with van der Waals surface area (Å²) in [6.45, 7) is 6.97. The van der Waals surface area contributed by atoms with Gasteiger partial charge in [0.15, 0.2) is 0 Å². The van der Waals surface area contributed by atoms with Crippen LogP contribution in [0.1, 0.15) is 26.2 Å². The molecule has 0 aromatic carbocycles. The van der Waals surface area contributed by atoms with Crippen LogP contribution in [0.25, 0.3) is 0 Å². The van der Waals surface area contributed by atoms with E-state index in [0.29, 0.717) is 12.1 Å². The largest absolute Gasteiger partial charge is 0.395 e. The minimum absolute atomic E-state index is 0.259. The zero-order valence-electron chi connectivity index (χ0n) is 7.87. The summed E-state index contributed by atoms with van der Waals surface area (Å²) in [5, 5.41) is 8.87. The van der Waals surface area contributed by atoms with Crippen molar-refractivity contribution in [2.24, 2.45) is 0 Å². The molecule has 0 aromatic rings. The Labute approximate surface area is 74.9 Å². The molecule has 0 heterocycles. The molecule has 1 atom stereocenters. The van der Waals surface area contributed by atoms with E-state index in [9.17, 15) is 0 Å². The molecule has 1 N–H and O–H groups in total. The number of aliphatic hydroxyl groups excluding tert-OH is 1. The number of aliphatic hydroxyl groups is 1. The van der Waals surface area contributed by atoms with E-state index < -0.39 is 0 Å². The Hall–Kier alpha value is -0.340. The van der Waals surface area contributed by atoms with E-state index in [1.54, 1.807) is 0 Å². The molecule has 0 aromatic heterocycles. The minimum Gasteiger partial charge on any atom is -0.395 e. The Kier molecular flexibility index (Phi) is 3.76. The molecule has 0 saturated heterocycles. The van der Waals surface area contributed by atoms with Crippen LogP contribution >= 0.6 is 0 Å². The smallest absolute Gasteiger partial charge is 0.0558 e. The predicted molar refractivity (Wildman–Crippen MR) is 51.1 cm³/mol. The van der Waals surface area contributed by atoms with Crippen molar-refractivity contribution in [3.05, 3.63) is 12.7 Å². The van der Waals surface area contributed by atoms with Gasteiger partial charge in [0.05, 0.1) is 6.61 Å². The van der Waals surface area contributed by atoms with Gasteiger partial charge in [-0.1, -0.05) is 12.5 Å². The van der Waals surface area contributed by atoms with Gasteiger partial charge in [0.25, 0.3) is 0 Å². The molecule has 0 amide bonds. The van der Waals surface area contributed by atoms with Gasteiger partial charge in [0, 0.05) is 18.6 Å². The topological polar surface area (TPSA) is 23.5 Å². The van der Waals surface area contributed by atoms with Crippen molar-refractivity contribution in [1.29, 1.82) is 0 Å². The van der Waals surface area contributed by atoms with E-state index in [0.717, 1.165) is 6.54 Å². The predicted octanol–water partition coefficient (Wildman–Crippen LogP) is 1.41. The van der Waals surface area contributed by atoms with Crippen LogP contribution in [0.2, 0.25) is 0 Å². The van der Waals surface area contributed by atoms with Gasteiger partial charge in [0.2, 0.25) is 0 Å². The average molecular weight is 169 g/mol. The minimum atomic E-state index is 0.259. The van der Waals surface area contributed by atoms with Crippen LogP contribution in [0, 0.1) is 0 Å². The van der Waals surface area contributed by atoms with E-state index in [1.165, 1.54) is 19.3 Å². The number of rotatable bonds is 5. The SMILES string of the molecule is C=CC(C)N(CCO)C1CCC1. The van der Waals surface area contributed by atoms with E-state index in [1.807, 2.05) is 6.08 Å². The summed E-state index contributed by atoms with van der Waals surface area (Å²) in [5.41, 5.74) is 0. The maximum absolute atomic E-state index is 8.87. The van der Waals surface area contributed by atoms with E-state index in [2.05, 4.69) is 18.4 Å². The van der Waals surface area contributed by atoms with Crippen LogP contribution in [0.4, 0.5) is 0 Å². The van der Waals surface area contributed by atoms with Crippen LogP contribution in [0.3, 0.4) is 0 Å². The summed E-state index contributed by atoms with van der Waals surface area (Å²) in [5.74, 6) is 0. The Morgan fingerprint density at radius 3 is 2.67 bits per heavy atom. The highest BCUT2D eigenvalue weighted by molar-refractivity contribution is 4.90. The second-order valence-electron chi connectivity index (χ2n) is 3.52. The fraction of sp³-hybridized carbons (Fsp3) is 0.800. The molecule has 1 rings (SSSR count). The van der Waals surface area contributed by atoms with E-state index in [-0.39, 0.29) is 6.61 Å². The highest BCUT2D eigenvalue weighted by Crippen LogP contribution is 2.26. The van der Waals surface area contributed by atoms with Crippen LogP contribution in [-0.2, 0) is 0 Å². The molecule has 0 bridgehead atoms. The fourth-order valence-corrected chi connectivity index (χ4v) is 1.69. The van der Waals surface area contributed by atoms with Crippen LogP contribution in [0.5, 0.6) is 0 Å². The van der Waals surface area contributed by atoms with Crippen LogP contribution < -0.4 is 0 Å². The Morgan fingerprint density at radius 1 is 1.67 bits per heavy atom. The summed E-state index contributed by atoms with van der Waals surface area (Å²) in [7, 11) is 0. The van der Waals surface area contributed by atoms with Crippen molar-refractivity contribution in [2.45, 2.75) is 38.3 Å². The molecule has 0 spiro atoms. The molecule has 2 nitrogen and oxygen atoms in total. The molecule has 0 aliphatic heterocycles. The first-order valence-corrected chi connectivity index (χ1v) is 4.78. The Morgan fingerprint density at radius 2 is 2.33 bits per heavy atom. The van der Waals surface area contributed by atoms with Crippen molar-refractivity contribution < 1.29 is 5.11 Å². The first-order chi connectivity index (χ1) is 5.79. The van der Waals surface area contributed by atoms with Gasteiger partial charge in [-0.25, -0.2) is 0 Å². The Bertz CT molecular complexity index is 143. The molecule has 1 fully saturated rings. The standard InChI is InChI=1S/C10H19NO/c1-3-9(2)11(7-8-12)10-5-4-6-10/h3,9-10,12H,1,4-8H2,2H3. The maximum Gasteiger partial charge on any atom is 0.0558 e. The average Bonchev–Trinajstić information content (AvgIpc) is 1.99. The zero-order chi connectivity index (χ0) is 8.97. The monoisotopic (exact) mass is 169 g/mol. The van der Waals surface area contributed by atoms with Crippen molar-refractivity contribution in [3.63, 3.8) is 0 Å². The lowest BCUT2D eigenvalue weighted by Gasteiger charge is -2.40. The molecular formula is C10H19NO. The second-order valence-corrected chi connectivity index (χ2v) is 3.52. The van der Waals surface area contributed by atoms with Gasteiger partial charge < -0.3 is 5.11 Å². The molecule has 1 unspecified atom stereocenters. The molecule has 1 saturated carbocycles. The van der Waals surface area contributed by atoms with Crippen molar-refractivity contribution in [1.82, 2.24) is 4.90 Å². The number of nitrogens with zero attached hydrogens (tertiary/aromatic N) is 1. The third-order valence-corrected chi connectivity index (χ3v) is 2.77. The molecule has 2 heteroatoms. The third-order valence-electron chi connectivity index (χ3n) is 2.77. The summed E-state index contributed by atoms with van der Waals surface area (Å²) in [4.78, 5) is 2.34. The van der Waals surface area contributed by atoms with Gasteiger partial charge in [0.1, 0.15) is 0 Å². The van der Waals surface area contributed by atoms with Gasteiger partial charge >= 0.3 is 0 Å². The molecular weight excluding hydrogens is 150 g/mol. The molecule has 0 radical (unpaired) electrons. The van der Waals surface area contributed by atoms with Gasteiger partial charge in [-0.3, -0.25) is 4.90 Å². The first-order valence-electron chi connectivity index (χ1n) is 4.78. The summed E-state index contributed by atoms with van der Waals surface area (Å²) in [6.07, 6.45) is 5.88. The van der Waals surface area contributed by atoms with Crippen molar-refractivity contribution in [2.75, 3.05) is 13.2 Å². The second kappa shape index (κ2) is 4.63. The van der Waals surface area contributed by atoms with Crippen LogP contribution in [-0.4, -0.2) is 35.2 Å². The lowest BCUT2D eigenvalue weighted by molar-refractivity contribution is 0.0832. The fourth-order valence-electron chi connectivity index (χ4n) is 1.69. The first kappa shape index (κ1) is 9.75. The number of hydrogen-bond acceptors (Lipinski definition) is 2. The highest BCUT2D eigenvalue weighted by atomic mass is 16.3. The molecule has 1 aliphatic carbocycles. The quantitative estimate of drug-likeness (QED) is 0.629. The summed E-state index contributed by atoms with van der Waals surface area (Å²) >= 11 is 0. The number of hydrogen-bond donors (Lipinski definition) is 1. The van der Waals surface area contributed by atoms with Crippen molar-refractivity contribution >= 4 is 0 Å². The normalized spacial score (nSPS) is 20.6. The van der Waals surface area contributed by atoms with E-state index >= 15 is 0 Å². The molecule has 1 aliphatic rings. The Balaban J connectivity index is 2.40. The lowest BCUT2D eigenvalue weighted by Crippen LogP contribution is -2.46. The maximum atomic E-state index is 8.87. The molecule has 12 heavy (non-hydrogen) atoms. The molecule has 70 valence electrons. The third kappa shape index (κ3) is 2.08. The van der Waals surface area contributed by atoms with Gasteiger partial charge in [-0.05, 0) is 19.8 Å². The van der Waals surface area contributed by atoms with Crippen molar-refractivity contribution in [3.8, 4) is 0 Å². The summed E-state index contributed by atoms with van der Waals surface area (Å²) in [6, 6.07) is 1.10. The highest BCUT2D eigenvalue weighted by Gasteiger charge is 2.26. The van der Waals surface area contributed by atoms with Gasteiger partial charge in [-0.2, -0.15) is 0 Å².